The third kappa shape index (κ3) is 2.24. The van der Waals surface area contributed by atoms with Gasteiger partial charge < -0.3 is 4.98 Å². The average molecular weight is 208 g/mol. The van der Waals surface area contributed by atoms with E-state index < -0.39 is 0 Å². The smallest absolute Gasteiger partial charge is 0.278 e. The summed E-state index contributed by atoms with van der Waals surface area (Å²) in [6, 6.07) is 2.83. The van der Waals surface area contributed by atoms with E-state index in [0.29, 0.717) is 18.7 Å². The SMILES string of the molecule is O=C(c1ccc(=O)[nH]c1)N1CCCCO1. The fourth-order valence-corrected chi connectivity index (χ4v) is 1.44. The van der Waals surface area contributed by atoms with Crippen LogP contribution in [0.2, 0.25) is 0 Å². The van der Waals surface area contributed by atoms with Gasteiger partial charge in [-0.1, -0.05) is 0 Å². The maximum Gasteiger partial charge on any atom is 0.278 e. The van der Waals surface area contributed by atoms with E-state index >= 15 is 0 Å². The van der Waals surface area contributed by atoms with Gasteiger partial charge in [0.25, 0.3) is 5.91 Å². The monoisotopic (exact) mass is 208 g/mol. The van der Waals surface area contributed by atoms with Crippen LogP contribution in [-0.4, -0.2) is 29.1 Å². The molecule has 1 aliphatic rings. The van der Waals surface area contributed by atoms with Crippen molar-refractivity contribution >= 4 is 5.91 Å². The van der Waals surface area contributed by atoms with E-state index in [4.69, 9.17) is 4.84 Å². The number of H-pyrrole nitrogens is 1. The predicted octanol–water partition coefficient (Wildman–Crippen LogP) is 0.542. The van der Waals surface area contributed by atoms with Gasteiger partial charge in [0.05, 0.1) is 12.2 Å². The molecule has 1 aromatic rings. The Morgan fingerprint density at radius 2 is 2.27 bits per heavy atom. The minimum atomic E-state index is -0.217. The van der Waals surface area contributed by atoms with Gasteiger partial charge in [0, 0.05) is 18.8 Å². The van der Waals surface area contributed by atoms with Gasteiger partial charge in [-0.15, -0.1) is 0 Å². The molecule has 0 unspecified atom stereocenters. The van der Waals surface area contributed by atoms with Crippen molar-refractivity contribution in [1.29, 1.82) is 0 Å². The van der Waals surface area contributed by atoms with E-state index in [1.807, 2.05) is 0 Å². The van der Waals surface area contributed by atoms with E-state index in [-0.39, 0.29) is 11.5 Å². The van der Waals surface area contributed by atoms with Gasteiger partial charge in [0.1, 0.15) is 0 Å². The first-order valence-electron chi connectivity index (χ1n) is 4.91. The van der Waals surface area contributed by atoms with Gasteiger partial charge in [-0.3, -0.25) is 14.4 Å². The number of hydrogen-bond acceptors (Lipinski definition) is 3. The van der Waals surface area contributed by atoms with Crippen LogP contribution in [0, 0.1) is 0 Å². The number of nitrogens with one attached hydrogen (secondary N) is 1. The van der Waals surface area contributed by atoms with Gasteiger partial charge in [0.2, 0.25) is 5.56 Å². The molecule has 1 N–H and O–H groups in total. The second kappa shape index (κ2) is 4.27. The highest BCUT2D eigenvalue weighted by atomic mass is 16.7. The zero-order valence-corrected chi connectivity index (χ0v) is 8.23. The molecule has 1 saturated heterocycles. The van der Waals surface area contributed by atoms with Crippen molar-refractivity contribution in [2.24, 2.45) is 0 Å². The van der Waals surface area contributed by atoms with E-state index in [1.54, 1.807) is 0 Å². The molecule has 0 atom stereocenters. The third-order valence-corrected chi connectivity index (χ3v) is 2.26. The predicted molar refractivity (Wildman–Crippen MR) is 53.3 cm³/mol. The number of aromatic amines is 1. The summed E-state index contributed by atoms with van der Waals surface area (Å²) in [6.45, 7) is 1.19. The Morgan fingerprint density at radius 3 is 2.87 bits per heavy atom. The van der Waals surface area contributed by atoms with Crippen LogP contribution in [0.15, 0.2) is 23.1 Å². The molecule has 1 aromatic heterocycles. The average Bonchev–Trinajstić information content (AvgIpc) is 2.30. The van der Waals surface area contributed by atoms with Crippen molar-refractivity contribution in [1.82, 2.24) is 10.0 Å². The van der Waals surface area contributed by atoms with Crippen molar-refractivity contribution < 1.29 is 9.63 Å². The number of aromatic nitrogens is 1. The Labute approximate surface area is 86.6 Å². The van der Waals surface area contributed by atoms with Crippen LogP contribution in [0.4, 0.5) is 0 Å². The van der Waals surface area contributed by atoms with Crippen LogP contribution in [-0.2, 0) is 4.84 Å². The van der Waals surface area contributed by atoms with E-state index in [9.17, 15) is 9.59 Å². The number of amides is 1. The topological polar surface area (TPSA) is 62.4 Å². The first-order valence-corrected chi connectivity index (χ1v) is 4.91. The van der Waals surface area contributed by atoms with Gasteiger partial charge in [-0.05, 0) is 18.9 Å². The first kappa shape index (κ1) is 9.92. The summed E-state index contributed by atoms with van der Waals surface area (Å²) in [5.74, 6) is -0.203. The molecule has 2 heterocycles. The largest absolute Gasteiger partial charge is 0.328 e. The highest BCUT2D eigenvalue weighted by molar-refractivity contribution is 5.93. The lowest BCUT2D eigenvalue weighted by atomic mass is 10.2. The molecule has 0 saturated carbocycles. The number of carbonyl (C=O) groups excluding carboxylic acids is 1. The number of rotatable bonds is 1. The van der Waals surface area contributed by atoms with Crippen LogP contribution in [0.25, 0.3) is 0 Å². The molecule has 1 amide bonds. The van der Waals surface area contributed by atoms with Crippen LogP contribution in [0.3, 0.4) is 0 Å². The van der Waals surface area contributed by atoms with Crippen molar-refractivity contribution in [3.63, 3.8) is 0 Å². The minimum Gasteiger partial charge on any atom is -0.328 e. The molecule has 1 aliphatic heterocycles. The third-order valence-electron chi connectivity index (χ3n) is 2.26. The zero-order chi connectivity index (χ0) is 10.7. The molecule has 15 heavy (non-hydrogen) atoms. The molecule has 0 bridgehead atoms. The number of hydroxylamine groups is 2. The Hall–Kier alpha value is -1.62. The minimum absolute atomic E-state index is 0.203. The van der Waals surface area contributed by atoms with E-state index in [1.165, 1.54) is 23.4 Å². The summed E-state index contributed by atoms with van der Waals surface area (Å²) < 4.78 is 0. The molecule has 2 rings (SSSR count). The lowest BCUT2D eigenvalue weighted by Gasteiger charge is -2.25. The molecule has 0 radical (unpaired) electrons. The molecule has 80 valence electrons. The van der Waals surface area contributed by atoms with Gasteiger partial charge in [-0.2, -0.15) is 0 Å². The summed E-state index contributed by atoms with van der Waals surface area (Å²) in [5.41, 5.74) is 0.225. The number of nitrogens with zero attached hydrogens (tertiary/aromatic N) is 1. The normalized spacial score (nSPS) is 16.4. The van der Waals surface area contributed by atoms with Crippen LogP contribution >= 0.6 is 0 Å². The summed E-state index contributed by atoms with van der Waals surface area (Å²) >= 11 is 0. The second-order valence-electron chi connectivity index (χ2n) is 3.39. The highest BCUT2D eigenvalue weighted by Crippen LogP contribution is 2.09. The number of pyridine rings is 1. The number of hydrogen-bond donors (Lipinski definition) is 1. The quantitative estimate of drug-likeness (QED) is 0.732. The summed E-state index contributed by atoms with van der Waals surface area (Å²) in [7, 11) is 0. The number of carbonyl (C=O) groups is 1. The first-order chi connectivity index (χ1) is 7.27. The molecule has 0 spiro atoms. The Kier molecular flexibility index (Phi) is 2.82. The van der Waals surface area contributed by atoms with Crippen molar-refractivity contribution in [2.45, 2.75) is 12.8 Å². The van der Waals surface area contributed by atoms with Gasteiger partial charge >= 0.3 is 0 Å². The molecule has 1 fully saturated rings. The Morgan fingerprint density at radius 1 is 1.40 bits per heavy atom. The molecular formula is C10H12N2O3. The lowest BCUT2D eigenvalue weighted by Crippen LogP contribution is -2.35. The summed E-state index contributed by atoms with van der Waals surface area (Å²) in [5, 5.41) is 1.34. The summed E-state index contributed by atoms with van der Waals surface area (Å²) in [6.07, 6.45) is 3.34. The molecule has 0 aliphatic carbocycles. The second-order valence-corrected chi connectivity index (χ2v) is 3.39. The van der Waals surface area contributed by atoms with E-state index in [2.05, 4.69) is 4.98 Å². The molecule has 0 aromatic carbocycles. The van der Waals surface area contributed by atoms with Crippen molar-refractivity contribution in [3.05, 3.63) is 34.2 Å². The molecular weight excluding hydrogens is 196 g/mol. The van der Waals surface area contributed by atoms with Crippen LogP contribution in [0.1, 0.15) is 23.2 Å². The maximum atomic E-state index is 11.8. The standard InChI is InChI=1S/C10H12N2O3/c13-9-4-3-8(7-11-9)10(14)12-5-1-2-6-15-12/h3-4,7H,1-2,5-6H2,(H,11,13). The van der Waals surface area contributed by atoms with Crippen LogP contribution in [0.5, 0.6) is 0 Å². The lowest BCUT2D eigenvalue weighted by molar-refractivity contribution is -0.144. The highest BCUT2D eigenvalue weighted by Gasteiger charge is 2.19. The van der Waals surface area contributed by atoms with Crippen molar-refractivity contribution in [3.8, 4) is 0 Å². The van der Waals surface area contributed by atoms with Gasteiger partial charge in [0.15, 0.2) is 0 Å². The fraction of sp³-hybridized carbons (Fsp3) is 0.400. The molecule has 5 nitrogen and oxygen atoms in total. The fourth-order valence-electron chi connectivity index (χ4n) is 1.44. The van der Waals surface area contributed by atoms with E-state index in [0.717, 1.165) is 12.8 Å². The van der Waals surface area contributed by atoms with Crippen LogP contribution < -0.4 is 5.56 Å². The zero-order valence-electron chi connectivity index (χ0n) is 8.23. The Balaban J connectivity index is 2.12. The summed E-state index contributed by atoms with van der Waals surface area (Å²) in [4.78, 5) is 30.3. The van der Waals surface area contributed by atoms with Gasteiger partial charge in [-0.25, -0.2) is 5.06 Å². The molecule has 5 heteroatoms. The Bertz CT molecular complexity index is 387. The maximum absolute atomic E-state index is 11.8. The van der Waals surface area contributed by atoms with Crippen molar-refractivity contribution in [2.75, 3.05) is 13.2 Å².